The summed E-state index contributed by atoms with van der Waals surface area (Å²) in [6, 6.07) is 0.230. The SMILES string of the molecule is CC(Br)CC(C)NC(=O)C1CCCOC1. The first kappa shape index (κ1) is 13.0. The summed E-state index contributed by atoms with van der Waals surface area (Å²) in [5.41, 5.74) is 0. The number of rotatable bonds is 4. The molecule has 1 N–H and O–H groups in total. The van der Waals surface area contributed by atoms with Gasteiger partial charge in [0.2, 0.25) is 5.91 Å². The molecule has 0 radical (unpaired) electrons. The predicted molar refractivity (Wildman–Crippen MR) is 64.2 cm³/mol. The highest BCUT2D eigenvalue weighted by atomic mass is 79.9. The Bertz CT molecular complexity index is 203. The third kappa shape index (κ3) is 4.98. The van der Waals surface area contributed by atoms with Crippen molar-refractivity contribution in [2.45, 2.75) is 44.0 Å². The molecule has 0 aromatic rings. The number of hydrogen-bond donors (Lipinski definition) is 1. The monoisotopic (exact) mass is 277 g/mol. The molecule has 1 fully saturated rings. The average molecular weight is 278 g/mol. The first-order chi connectivity index (χ1) is 7.09. The fraction of sp³-hybridized carbons (Fsp3) is 0.909. The van der Waals surface area contributed by atoms with Crippen molar-refractivity contribution >= 4 is 21.8 Å². The van der Waals surface area contributed by atoms with Gasteiger partial charge in [0.25, 0.3) is 0 Å². The van der Waals surface area contributed by atoms with E-state index in [9.17, 15) is 4.79 Å². The molecule has 88 valence electrons. The van der Waals surface area contributed by atoms with Crippen LogP contribution in [0.15, 0.2) is 0 Å². The maximum atomic E-state index is 11.8. The molecule has 4 heteroatoms. The molecule has 0 spiro atoms. The summed E-state index contributed by atoms with van der Waals surface area (Å²) < 4.78 is 5.30. The molecule has 0 bridgehead atoms. The maximum absolute atomic E-state index is 11.8. The highest BCUT2D eigenvalue weighted by molar-refractivity contribution is 9.09. The molecule has 1 aliphatic heterocycles. The molecule has 0 saturated carbocycles. The Labute approximate surface area is 100 Å². The first-order valence-corrected chi connectivity index (χ1v) is 6.53. The summed E-state index contributed by atoms with van der Waals surface area (Å²) in [6.07, 6.45) is 2.92. The van der Waals surface area contributed by atoms with Crippen LogP contribution in [-0.2, 0) is 9.53 Å². The molecule has 0 aliphatic carbocycles. The molecule has 3 unspecified atom stereocenters. The average Bonchev–Trinajstić information content (AvgIpc) is 2.17. The van der Waals surface area contributed by atoms with Crippen molar-refractivity contribution in [3.63, 3.8) is 0 Å². The minimum atomic E-state index is 0.0619. The van der Waals surface area contributed by atoms with Crippen molar-refractivity contribution in [2.75, 3.05) is 13.2 Å². The summed E-state index contributed by atoms with van der Waals surface area (Å²) >= 11 is 3.48. The second-order valence-corrected chi connectivity index (χ2v) is 5.90. The zero-order valence-corrected chi connectivity index (χ0v) is 11.0. The lowest BCUT2D eigenvalue weighted by Crippen LogP contribution is -2.40. The molecule has 0 aromatic carbocycles. The molecular weight excluding hydrogens is 258 g/mol. The van der Waals surface area contributed by atoms with Gasteiger partial charge in [-0.3, -0.25) is 4.79 Å². The van der Waals surface area contributed by atoms with Gasteiger partial charge < -0.3 is 10.1 Å². The Kier molecular flexibility index (Phi) is 5.61. The molecule has 15 heavy (non-hydrogen) atoms. The second kappa shape index (κ2) is 6.48. The minimum absolute atomic E-state index is 0.0619. The fourth-order valence-corrected chi connectivity index (χ4v) is 2.42. The summed E-state index contributed by atoms with van der Waals surface area (Å²) in [7, 11) is 0. The van der Waals surface area contributed by atoms with Crippen molar-refractivity contribution in [2.24, 2.45) is 5.92 Å². The topological polar surface area (TPSA) is 38.3 Å². The highest BCUT2D eigenvalue weighted by Crippen LogP contribution is 2.14. The van der Waals surface area contributed by atoms with Crippen LogP contribution in [0, 0.1) is 5.92 Å². The minimum Gasteiger partial charge on any atom is -0.381 e. The van der Waals surface area contributed by atoms with Gasteiger partial charge >= 0.3 is 0 Å². The van der Waals surface area contributed by atoms with E-state index in [4.69, 9.17) is 4.74 Å². The van der Waals surface area contributed by atoms with Crippen molar-refractivity contribution in [3.05, 3.63) is 0 Å². The second-order valence-electron chi connectivity index (χ2n) is 4.34. The van der Waals surface area contributed by atoms with Gasteiger partial charge in [-0.2, -0.15) is 0 Å². The van der Waals surface area contributed by atoms with Gasteiger partial charge in [0.15, 0.2) is 0 Å². The summed E-state index contributed by atoms with van der Waals surface area (Å²) in [5.74, 6) is 0.210. The lowest BCUT2D eigenvalue weighted by atomic mass is 10.0. The fourth-order valence-electron chi connectivity index (χ4n) is 1.85. The third-order valence-electron chi connectivity index (χ3n) is 2.60. The normalized spacial score (nSPS) is 25.7. The number of amides is 1. The van der Waals surface area contributed by atoms with Crippen LogP contribution >= 0.6 is 15.9 Å². The molecule has 3 nitrogen and oxygen atoms in total. The Morgan fingerprint density at radius 2 is 2.33 bits per heavy atom. The number of alkyl halides is 1. The number of ether oxygens (including phenoxy) is 1. The zero-order chi connectivity index (χ0) is 11.3. The van der Waals surface area contributed by atoms with Crippen LogP contribution in [0.2, 0.25) is 0 Å². The van der Waals surface area contributed by atoms with Crippen LogP contribution in [0.4, 0.5) is 0 Å². The van der Waals surface area contributed by atoms with Crippen LogP contribution in [0.5, 0.6) is 0 Å². The van der Waals surface area contributed by atoms with Gasteiger partial charge in [0.05, 0.1) is 12.5 Å². The lowest BCUT2D eigenvalue weighted by Gasteiger charge is -2.23. The van der Waals surface area contributed by atoms with Gasteiger partial charge in [0.1, 0.15) is 0 Å². The number of halogens is 1. The van der Waals surface area contributed by atoms with Gasteiger partial charge in [-0.25, -0.2) is 0 Å². The first-order valence-electron chi connectivity index (χ1n) is 5.61. The van der Waals surface area contributed by atoms with E-state index in [-0.39, 0.29) is 17.9 Å². The molecule has 3 atom stereocenters. The van der Waals surface area contributed by atoms with Crippen LogP contribution in [-0.4, -0.2) is 30.0 Å². The summed E-state index contributed by atoms with van der Waals surface area (Å²) in [6.45, 7) is 5.52. The van der Waals surface area contributed by atoms with Crippen molar-refractivity contribution < 1.29 is 9.53 Å². The van der Waals surface area contributed by atoms with Crippen molar-refractivity contribution in [3.8, 4) is 0 Å². The van der Waals surface area contributed by atoms with Gasteiger partial charge in [-0.15, -0.1) is 0 Å². The Morgan fingerprint density at radius 3 is 2.87 bits per heavy atom. The predicted octanol–water partition coefficient (Wildman–Crippen LogP) is 2.09. The molecule has 1 amide bonds. The molecule has 1 aliphatic rings. The Morgan fingerprint density at radius 1 is 1.60 bits per heavy atom. The van der Waals surface area contributed by atoms with E-state index in [2.05, 4.69) is 28.2 Å². The van der Waals surface area contributed by atoms with Crippen LogP contribution in [0.25, 0.3) is 0 Å². The van der Waals surface area contributed by atoms with Gasteiger partial charge in [-0.1, -0.05) is 22.9 Å². The van der Waals surface area contributed by atoms with E-state index in [1.165, 1.54) is 0 Å². The van der Waals surface area contributed by atoms with Crippen LogP contribution < -0.4 is 5.32 Å². The van der Waals surface area contributed by atoms with Crippen LogP contribution in [0.3, 0.4) is 0 Å². The van der Waals surface area contributed by atoms with Gasteiger partial charge in [-0.05, 0) is 26.2 Å². The van der Waals surface area contributed by atoms with Gasteiger partial charge in [0, 0.05) is 17.5 Å². The van der Waals surface area contributed by atoms with E-state index >= 15 is 0 Å². The smallest absolute Gasteiger partial charge is 0.225 e. The quantitative estimate of drug-likeness (QED) is 0.800. The number of carbonyl (C=O) groups is 1. The van der Waals surface area contributed by atoms with E-state index in [1.54, 1.807) is 0 Å². The molecule has 1 heterocycles. The van der Waals surface area contributed by atoms with Crippen molar-refractivity contribution in [1.82, 2.24) is 5.32 Å². The molecular formula is C11H20BrNO2. The van der Waals surface area contributed by atoms with E-state index in [0.717, 1.165) is 25.9 Å². The lowest BCUT2D eigenvalue weighted by molar-refractivity contribution is -0.129. The third-order valence-corrected chi connectivity index (χ3v) is 2.97. The largest absolute Gasteiger partial charge is 0.381 e. The summed E-state index contributed by atoms with van der Waals surface area (Å²) in [4.78, 5) is 12.2. The van der Waals surface area contributed by atoms with Crippen molar-refractivity contribution in [1.29, 1.82) is 0 Å². The zero-order valence-electron chi connectivity index (χ0n) is 9.46. The molecule has 1 rings (SSSR count). The standard InChI is InChI=1S/C11H20BrNO2/c1-8(12)6-9(2)13-11(14)10-4-3-5-15-7-10/h8-10H,3-7H2,1-2H3,(H,13,14). The number of hydrogen-bond acceptors (Lipinski definition) is 2. The summed E-state index contributed by atoms with van der Waals surface area (Å²) in [5, 5.41) is 3.03. The Balaban J connectivity index is 2.27. The number of carbonyl (C=O) groups excluding carboxylic acids is 1. The number of nitrogens with one attached hydrogen (secondary N) is 1. The highest BCUT2D eigenvalue weighted by Gasteiger charge is 2.22. The van der Waals surface area contributed by atoms with E-state index in [1.807, 2.05) is 6.92 Å². The Hall–Kier alpha value is -0.0900. The van der Waals surface area contributed by atoms with E-state index < -0.39 is 0 Å². The maximum Gasteiger partial charge on any atom is 0.225 e. The molecule has 1 saturated heterocycles. The van der Waals surface area contributed by atoms with Crippen LogP contribution in [0.1, 0.15) is 33.1 Å². The van der Waals surface area contributed by atoms with E-state index in [0.29, 0.717) is 11.4 Å². The molecule has 0 aromatic heterocycles.